The molecule has 1 aliphatic heterocycles. The predicted molar refractivity (Wildman–Crippen MR) is 74.7 cm³/mol. The molecule has 0 unspecified atom stereocenters. The van der Waals surface area contributed by atoms with Crippen molar-refractivity contribution in [2.75, 3.05) is 33.2 Å². The highest BCUT2D eigenvalue weighted by Gasteiger charge is 2.33. The Balaban J connectivity index is 1.76. The van der Waals surface area contributed by atoms with Crippen LogP contribution in [0.5, 0.6) is 0 Å². The second-order valence-electron chi connectivity index (χ2n) is 6.29. The highest BCUT2D eigenvalue weighted by molar-refractivity contribution is 5.78. The molecule has 5 nitrogen and oxygen atoms in total. The molecule has 0 radical (unpaired) electrons. The van der Waals surface area contributed by atoms with Crippen molar-refractivity contribution in [1.82, 2.24) is 9.80 Å². The van der Waals surface area contributed by atoms with Crippen LogP contribution in [-0.2, 0) is 4.79 Å². The van der Waals surface area contributed by atoms with Crippen LogP contribution >= 0.6 is 0 Å². The lowest BCUT2D eigenvalue weighted by Gasteiger charge is -2.33. The molecule has 0 spiro atoms. The van der Waals surface area contributed by atoms with Gasteiger partial charge in [-0.1, -0.05) is 12.8 Å². The smallest absolute Gasteiger partial charge is 0.236 e. The van der Waals surface area contributed by atoms with Crippen molar-refractivity contribution >= 4 is 5.91 Å². The normalized spacial score (nSPS) is 24.6. The first-order valence-electron chi connectivity index (χ1n) is 7.43. The predicted octanol–water partition coefficient (Wildman–Crippen LogP) is 0.173. The molecule has 1 saturated carbocycles. The van der Waals surface area contributed by atoms with Crippen molar-refractivity contribution < 1.29 is 9.90 Å². The van der Waals surface area contributed by atoms with E-state index in [1.807, 2.05) is 0 Å². The van der Waals surface area contributed by atoms with E-state index in [2.05, 4.69) is 4.90 Å². The highest BCUT2D eigenvalue weighted by Crippen LogP contribution is 2.29. The van der Waals surface area contributed by atoms with Crippen LogP contribution in [0, 0.1) is 0 Å². The number of nitrogens with two attached hydrogens (primary N) is 1. The SMILES string of the molecule is CN(CC1(O)CCCC1)C(=O)CN1CCC(N)CC1. The Bertz CT molecular complexity index is 308. The number of piperidine rings is 1. The van der Waals surface area contributed by atoms with Gasteiger partial charge in [-0.2, -0.15) is 0 Å². The molecule has 1 amide bonds. The Morgan fingerprint density at radius 1 is 1.37 bits per heavy atom. The minimum atomic E-state index is -0.644. The van der Waals surface area contributed by atoms with Crippen LogP contribution in [0.2, 0.25) is 0 Å². The summed E-state index contributed by atoms with van der Waals surface area (Å²) >= 11 is 0. The van der Waals surface area contributed by atoms with Crippen molar-refractivity contribution in [1.29, 1.82) is 0 Å². The lowest BCUT2D eigenvalue weighted by atomic mass is 10.0. The average Bonchev–Trinajstić information content (AvgIpc) is 2.78. The number of rotatable bonds is 4. The molecule has 19 heavy (non-hydrogen) atoms. The third kappa shape index (κ3) is 4.16. The fourth-order valence-electron chi connectivity index (χ4n) is 3.14. The van der Waals surface area contributed by atoms with Gasteiger partial charge in [-0.25, -0.2) is 0 Å². The summed E-state index contributed by atoms with van der Waals surface area (Å²) in [7, 11) is 1.80. The van der Waals surface area contributed by atoms with Crippen LogP contribution < -0.4 is 5.73 Å². The van der Waals surface area contributed by atoms with E-state index in [-0.39, 0.29) is 5.91 Å². The molecule has 2 aliphatic rings. The van der Waals surface area contributed by atoms with E-state index in [4.69, 9.17) is 5.73 Å². The van der Waals surface area contributed by atoms with Crippen molar-refractivity contribution in [3.8, 4) is 0 Å². The second-order valence-corrected chi connectivity index (χ2v) is 6.29. The number of amides is 1. The topological polar surface area (TPSA) is 69.8 Å². The molecule has 1 saturated heterocycles. The first-order chi connectivity index (χ1) is 8.98. The number of likely N-dealkylation sites (tertiary alicyclic amines) is 1. The van der Waals surface area contributed by atoms with Crippen molar-refractivity contribution in [2.45, 2.75) is 50.2 Å². The maximum absolute atomic E-state index is 12.2. The van der Waals surface area contributed by atoms with E-state index in [9.17, 15) is 9.90 Å². The molecule has 1 aliphatic carbocycles. The highest BCUT2D eigenvalue weighted by atomic mass is 16.3. The molecular weight excluding hydrogens is 242 g/mol. The number of nitrogens with zero attached hydrogens (tertiary/aromatic N) is 2. The minimum Gasteiger partial charge on any atom is -0.388 e. The standard InChI is InChI=1S/C14H27N3O2/c1-16(11-14(19)6-2-3-7-14)13(18)10-17-8-4-12(15)5-9-17/h12,19H,2-11,15H2,1H3. The van der Waals surface area contributed by atoms with Gasteiger partial charge in [0, 0.05) is 32.7 Å². The lowest BCUT2D eigenvalue weighted by Crippen LogP contribution is -2.48. The number of hydrogen-bond acceptors (Lipinski definition) is 4. The summed E-state index contributed by atoms with van der Waals surface area (Å²) in [5.41, 5.74) is 5.21. The molecule has 3 N–H and O–H groups in total. The summed E-state index contributed by atoms with van der Waals surface area (Å²) in [6.45, 7) is 2.74. The Morgan fingerprint density at radius 3 is 2.53 bits per heavy atom. The minimum absolute atomic E-state index is 0.107. The zero-order valence-electron chi connectivity index (χ0n) is 12.0. The zero-order valence-corrected chi connectivity index (χ0v) is 12.0. The van der Waals surface area contributed by atoms with Gasteiger partial charge in [0.1, 0.15) is 0 Å². The Labute approximate surface area is 115 Å². The molecule has 0 atom stereocenters. The average molecular weight is 269 g/mol. The molecule has 5 heteroatoms. The van der Waals surface area contributed by atoms with Crippen LogP contribution in [-0.4, -0.2) is 65.7 Å². The van der Waals surface area contributed by atoms with Gasteiger partial charge >= 0.3 is 0 Å². The molecule has 0 aromatic rings. The van der Waals surface area contributed by atoms with Crippen molar-refractivity contribution in [2.24, 2.45) is 5.73 Å². The van der Waals surface area contributed by atoms with Gasteiger partial charge in [-0.3, -0.25) is 9.69 Å². The van der Waals surface area contributed by atoms with Gasteiger partial charge in [0.2, 0.25) is 5.91 Å². The summed E-state index contributed by atoms with van der Waals surface area (Å²) in [4.78, 5) is 16.0. The monoisotopic (exact) mass is 269 g/mol. The summed E-state index contributed by atoms with van der Waals surface area (Å²) in [6.07, 6.45) is 5.74. The maximum atomic E-state index is 12.2. The molecule has 0 bridgehead atoms. The number of carbonyl (C=O) groups is 1. The van der Waals surface area contributed by atoms with Crippen LogP contribution in [0.3, 0.4) is 0 Å². The first kappa shape index (κ1) is 14.8. The first-order valence-corrected chi connectivity index (χ1v) is 7.43. The summed E-state index contributed by atoms with van der Waals surface area (Å²) < 4.78 is 0. The molecular formula is C14H27N3O2. The van der Waals surface area contributed by atoms with Crippen molar-refractivity contribution in [3.63, 3.8) is 0 Å². The van der Waals surface area contributed by atoms with E-state index in [1.165, 1.54) is 0 Å². The van der Waals surface area contributed by atoms with E-state index in [1.54, 1.807) is 11.9 Å². The van der Waals surface area contributed by atoms with Gasteiger partial charge in [-0.15, -0.1) is 0 Å². The summed E-state index contributed by atoms with van der Waals surface area (Å²) in [5.74, 6) is 0.107. The zero-order chi connectivity index (χ0) is 13.9. The molecule has 1 heterocycles. The van der Waals surface area contributed by atoms with Crippen LogP contribution in [0.15, 0.2) is 0 Å². The lowest BCUT2D eigenvalue weighted by molar-refractivity contribution is -0.134. The molecule has 2 fully saturated rings. The molecule has 0 aromatic carbocycles. The third-order valence-corrected chi connectivity index (χ3v) is 4.48. The van der Waals surface area contributed by atoms with Crippen LogP contribution in [0.4, 0.5) is 0 Å². The van der Waals surface area contributed by atoms with E-state index in [0.717, 1.165) is 51.6 Å². The largest absolute Gasteiger partial charge is 0.388 e. The maximum Gasteiger partial charge on any atom is 0.236 e. The van der Waals surface area contributed by atoms with Crippen molar-refractivity contribution in [3.05, 3.63) is 0 Å². The summed E-state index contributed by atoms with van der Waals surface area (Å²) in [5, 5.41) is 10.3. The fraction of sp³-hybridized carbons (Fsp3) is 0.929. The van der Waals surface area contributed by atoms with Gasteiger partial charge < -0.3 is 15.7 Å². The number of hydrogen-bond donors (Lipinski definition) is 2. The van der Waals surface area contributed by atoms with E-state index < -0.39 is 5.60 Å². The Kier molecular flexibility index (Phi) is 4.81. The van der Waals surface area contributed by atoms with Gasteiger partial charge in [0.25, 0.3) is 0 Å². The third-order valence-electron chi connectivity index (χ3n) is 4.48. The second kappa shape index (κ2) is 6.20. The summed E-state index contributed by atoms with van der Waals surface area (Å²) in [6, 6.07) is 0.295. The fourth-order valence-corrected chi connectivity index (χ4v) is 3.14. The number of aliphatic hydroxyl groups is 1. The van der Waals surface area contributed by atoms with Crippen LogP contribution in [0.1, 0.15) is 38.5 Å². The van der Waals surface area contributed by atoms with Gasteiger partial charge in [-0.05, 0) is 25.7 Å². The number of carbonyl (C=O) groups excluding carboxylic acids is 1. The molecule has 2 rings (SSSR count). The Morgan fingerprint density at radius 2 is 1.95 bits per heavy atom. The number of likely N-dealkylation sites (N-methyl/N-ethyl adjacent to an activating group) is 1. The molecule has 110 valence electrons. The molecule has 0 aromatic heterocycles. The van der Waals surface area contributed by atoms with E-state index in [0.29, 0.717) is 19.1 Å². The van der Waals surface area contributed by atoms with Crippen LogP contribution in [0.25, 0.3) is 0 Å². The Hall–Kier alpha value is -0.650. The van der Waals surface area contributed by atoms with Gasteiger partial charge in [0.05, 0.1) is 12.1 Å². The van der Waals surface area contributed by atoms with Gasteiger partial charge in [0.15, 0.2) is 0 Å². The van der Waals surface area contributed by atoms with E-state index >= 15 is 0 Å². The quantitative estimate of drug-likeness (QED) is 0.763.